The molecule has 1 amide bonds. The van der Waals surface area contributed by atoms with E-state index in [1.54, 1.807) is 7.11 Å². The smallest absolute Gasteiger partial charge is 0.258 e. The van der Waals surface area contributed by atoms with E-state index in [1.807, 2.05) is 64.9 Å². The molecule has 0 unspecified atom stereocenters. The van der Waals surface area contributed by atoms with Crippen molar-refractivity contribution >= 4 is 12.0 Å². The molecular formula is C28H35N3O4. The Hall–Kier alpha value is -2.90. The fourth-order valence-electron chi connectivity index (χ4n) is 6.42. The van der Waals surface area contributed by atoms with Crippen LogP contribution in [0, 0.1) is 11.8 Å². The zero-order valence-corrected chi connectivity index (χ0v) is 20.6. The molecule has 2 fully saturated rings. The molecular weight excluding hydrogens is 442 g/mol. The second-order valence-electron chi connectivity index (χ2n) is 9.90. The predicted octanol–water partition coefficient (Wildman–Crippen LogP) is 3.07. The molecule has 2 saturated heterocycles. The fraction of sp³-hybridized carbons (Fsp3) is 0.500. The van der Waals surface area contributed by atoms with E-state index in [1.165, 1.54) is 0 Å². The standard InChI is InChI=1S/C28H35N3O4/c1-3-9-19-12-13-23-25-21(17-30(23)27(19)33)22(18-32)26(28(34)29-14-7-4-8-15-29)31(25)16-20-10-5-6-11-24(20)35-2/h3,5-6,9-13,21-22,25-26,32H,4,7-8,14-18H2,1-2H3/b9-3+/t21-,22-,25+,26-/m1/s1. The van der Waals surface area contributed by atoms with Crippen LogP contribution in [-0.2, 0) is 17.9 Å². The van der Waals surface area contributed by atoms with Gasteiger partial charge in [-0.15, -0.1) is 0 Å². The molecule has 4 atom stereocenters. The van der Waals surface area contributed by atoms with Crippen molar-refractivity contribution in [2.24, 2.45) is 11.8 Å². The van der Waals surface area contributed by atoms with Crippen LogP contribution in [0.25, 0.3) is 6.08 Å². The number of likely N-dealkylation sites (tertiary alicyclic amines) is 2. The molecule has 1 N–H and O–H groups in total. The second-order valence-corrected chi connectivity index (χ2v) is 9.90. The molecule has 0 bridgehead atoms. The summed E-state index contributed by atoms with van der Waals surface area (Å²) in [5.41, 5.74) is 2.57. The lowest BCUT2D eigenvalue weighted by Crippen LogP contribution is -2.51. The quantitative estimate of drug-likeness (QED) is 0.692. The van der Waals surface area contributed by atoms with E-state index in [4.69, 9.17) is 4.74 Å². The Labute approximate surface area is 206 Å². The van der Waals surface area contributed by atoms with Gasteiger partial charge in [-0.25, -0.2) is 0 Å². The zero-order chi connectivity index (χ0) is 24.5. The number of pyridine rings is 1. The Morgan fingerprint density at radius 2 is 1.91 bits per heavy atom. The van der Waals surface area contributed by atoms with E-state index in [2.05, 4.69) is 4.90 Å². The van der Waals surface area contributed by atoms with Crippen LogP contribution in [0.15, 0.2) is 47.3 Å². The number of hydrogen-bond acceptors (Lipinski definition) is 5. The van der Waals surface area contributed by atoms with Crippen LogP contribution in [-0.4, -0.2) is 58.2 Å². The molecule has 1 aromatic heterocycles. The van der Waals surface area contributed by atoms with Gasteiger partial charge >= 0.3 is 0 Å². The Balaban J connectivity index is 1.59. The number of aliphatic hydroxyl groups is 1. The summed E-state index contributed by atoms with van der Waals surface area (Å²) >= 11 is 0. The number of allylic oxidation sites excluding steroid dienone is 1. The van der Waals surface area contributed by atoms with Crippen LogP contribution < -0.4 is 10.3 Å². The number of rotatable bonds is 6. The summed E-state index contributed by atoms with van der Waals surface area (Å²) < 4.78 is 7.48. The van der Waals surface area contributed by atoms with Gasteiger partial charge in [0, 0.05) is 61.4 Å². The van der Waals surface area contributed by atoms with Crippen LogP contribution in [0.4, 0.5) is 0 Å². The lowest BCUT2D eigenvalue weighted by atomic mass is 9.88. The van der Waals surface area contributed by atoms with Crippen molar-refractivity contribution in [3.63, 3.8) is 0 Å². The summed E-state index contributed by atoms with van der Waals surface area (Å²) in [6.07, 6.45) is 6.90. The highest BCUT2D eigenvalue weighted by atomic mass is 16.5. The van der Waals surface area contributed by atoms with Crippen LogP contribution in [0.5, 0.6) is 5.75 Å². The van der Waals surface area contributed by atoms with Crippen LogP contribution >= 0.6 is 0 Å². The maximum absolute atomic E-state index is 13.9. The molecule has 0 saturated carbocycles. The van der Waals surface area contributed by atoms with E-state index in [0.717, 1.165) is 49.4 Å². The summed E-state index contributed by atoms with van der Waals surface area (Å²) in [7, 11) is 1.66. The van der Waals surface area contributed by atoms with Gasteiger partial charge in [0.05, 0.1) is 19.2 Å². The molecule has 3 aliphatic rings. The van der Waals surface area contributed by atoms with Gasteiger partial charge in [0.25, 0.3) is 5.56 Å². The first-order chi connectivity index (χ1) is 17.1. The number of fused-ring (bicyclic) bond motifs is 3. The second kappa shape index (κ2) is 9.99. The summed E-state index contributed by atoms with van der Waals surface area (Å²) in [6.45, 7) is 4.39. The molecule has 1 aromatic carbocycles. The average Bonchev–Trinajstić information content (AvgIpc) is 3.41. The third-order valence-corrected chi connectivity index (χ3v) is 8.03. The molecule has 3 aliphatic heterocycles. The van der Waals surface area contributed by atoms with E-state index < -0.39 is 6.04 Å². The Morgan fingerprint density at radius 1 is 1.14 bits per heavy atom. The molecule has 4 heterocycles. The number of ether oxygens (including phenoxy) is 1. The number of hydrogen-bond donors (Lipinski definition) is 1. The topological polar surface area (TPSA) is 75.0 Å². The van der Waals surface area contributed by atoms with Crippen LogP contribution in [0.3, 0.4) is 0 Å². The van der Waals surface area contributed by atoms with Gasteiger partial charge in [-0.3, -0.25) is 14.5 Å². The Morgan fingerprint density at radius 3 is 2.63 bits per heavy atom. The molecule has 7 nitrogen and oxygen atoms in total. The molecule has 2 aromatic rings. The highest BCUT2D eigenvalue weighted by molar-refractivity contribution is 5.83. The lowest BCUT2D eigenvalue weighted by Gasteiger charge is -2.36. The number of para-hydroxylation sites is 1. The number of carbonyl (C=O) groups excluding carboxylic acids is 1. The minimum absolute atomic E-state index is 0.0113. The molecule has 186 valence electrons. The molecule has 0 aliphatic carbocycles. The summed E-state index contributed by atoms with van der Waals surface area (Å²) in [5, 5.41) is 10.6. The van der Waals surface area contributed by atoms with Gasteiger partial charge < -0.3 is 19.3 Å². The van der Waals surface area contributed by atoms with Crippen molar-refractivity contribution in [1.29, 1.82) is 0 Å². The molecule has 5 rings (SSSR count). The number of amides is 1. The maximum Gasteiger partial charge on any atom is 0.258 e. The third kappa shape index (κ3) is 4.10. The normalized spacial score (nSPS) is 26.2. The van der Waals surface area contributed by atoms with Crippen molar-refractivity contribution < 1.29 is 14.6 Å². The van der Waals surface area contributed by atoms with E-state index in [-0.39, 0.29) is 36.0 Å². The van der Waals surface area contributed by atoms with Gasteiger partial charge in [-0.05, 0) is 44.4 Å². The van der Waals surface area contributed by atoms with Crippen molar-refractivity contribution in [2.75, 3.05) is 26.8 Å². The first-order valence-corrected chi connectivity index (χ1v) is 12.7. The molecule has 35 heavy (non-hydrogen) atoms. The van der Waals surface area contributed by atoms with Crippen molar-refractivity contribution in [1.82, 2.24) is 14.4 Å². The number of aromatic nitrogens is 1. The number of carbonyl (C=O) groups is 1. The Kier molecular flexibility index (Phi) is 6.80. The number of benzene rings is 1. The zero-order valence-electron chi connectivity index (χ0n) is 20.6. The van der Waals surface area contributed by atoms with E-state index >= 15 is 0 Å². The molecule has 7 heteroatoms. The lowest BCUT2D eigenvalue weighted by molar-refractivity contribution is -0.139. The highest BCUT2D eigenvalue weighted by Crippen LogP contribution is 2.50. The van der Waals surface area contributed by atoms with Crippen molar-refractivity contribution in [3.8, 4) is 5.75 Å². The van der Waals surface area contributed by atoms with Crippen molar-refractivity contribution in [3.05, 3.63) is 69.6 Å². The SMILES string of the molecule is C/C=C/c1ccc2n(c1=O)C[C@@H]1[C@@H](CO)[C@H](C(=O)N3CCCCC3)N(Cc3ccccc3OC)[C@H]21. The van der Waals surface area contributed by atoms with Crippen molar-refractivity contribution in [2.45, 2.75) is 51.4 Å². The van der Waals surface area contributed by atoms with Crippen LogP contribution in [0.1, 0.15) is 49.0 Å². The van der Waals surface area contributed by atoms with Gasteiger partial charge in [0.1, 0.15) is 5.75 Å². The molecule has 0 spiro atoms. The van der Waals surface area contributed by atoms with Gasteiger partial charge in [-0.1, -0.05) is 30.4 Å². The number of aliphatic hydroxyl groups excluding tert-OH is 1. The predicted molar refractivity (Wildman–Crippen MR) is 135 cm³/mol. The monoisotopic (exact) mass is 477 g/mol. The molecule has 0 radical (unpaired) electrons. The summed E-state index contributed by atoms with van der Waals surface area (Å²) in [5.74, 6) is 0.627. The minimum atomic E-state index is -0.433. The fourth-order valence-corrected chi connectivity index (χ4v) is 6.42. The van der Waals surface area contributed by atoms with E-state index in [9.17, 15) is 14.7 Å². The van der Waals surface area contributed by atoms with Crippen LogP contribution in [0.2, 0.25) is 0 Å². The minimum Gasteiger partial charge on any atom is -0.496 e. The highest BCUT2D eigenvalue weighted by Gasteiger charge is 2.56. The average molecular weight is 478 g/mol. The Bertz CT molecular complexity index is 1170. The third-order valence-electron chi connectivity index (χ3n) is 8.03. The first-order valence-electron chi connectivity index (χ1n) is 12.7. The van der Waals surface area contributed by atoms with E-state index in [0.29, 0.717) is 18.7 Å². The van der Waals surface area contributed by atoms with Gasteiger partial charge in [0.2, 0.25) is 5.91 Å². The largest absolute Gasteiger partial charge is 0.496 e. The summed E-state index contributed by atoms with van der Waals surface area (Å²) in [4.78, 5) is 31.4. The van der Waals surface area contributed by atoms with Gasteiger partial charge in [0.15, 0.2) is 0 Å². The van der Waals surface area contributed by atoms with Gasteiger partial charge in [-0.2, -0.15) is 0 Å². The maximum atomic E-state index is 13.9. The number of piperidine rings is 1. The summed E-state index contributed by atoms with van der Waals surface area (Å²) in [6, 6.07) is 11.2. The number of nitrogens with zero attached hydrogens (tertiary/aromatic N) is 3. The number of methoxy groups -OCH3 is 1. The first kappa shape index (κ1) is 23.8.